The Kier molecular flexibility index (Phi) is 4.03. The maximum atomic E-state index is 11.9. The average Bonchev–Trinajstić information content (AvgIpc) is 2.71. The molecule has 2 rings (SSSR count). The molecule has 0 spiro atoms. The van der Waals surface area contributed by atoms with Crippen molar-refractivity contribution in [2.45, 2.75) is 51.6 Å². The van der Waals surface area contributed by atoms with Crippen LogP contribution in [0, 0.1) is 6.92 Å². The van der Waals surface area contributed by atoms with Gasteiger partial charge in [0.15, 0.2) is 5.78 Å². The molecule has 0 unspecified atom stereocenters. The number of aryl methyl sites for hydroxylation is 1. The summed E-state index contributed by atoms with van der Waals surface area (Å²) < 4.78 is 0. The number of ketones is 1. The molecule has 98 valence electrons. The first-order valence-corrected chi connectivity index (χ1v) is 7.29. The van der Waals surface area contributed by atoms with Gasteiger partial charge in [-0.3, -0.25) is 4.79 Å². The summed E-state index contributed by atoms with van der Waals surface area (Å²) in [6.45, 7) is 7.56. The third-order valence-corrected chi connectivity index (χ3v) is 4.77. The number of thiophene rings is 1. The summed E-state index contributed by atoms with van der Waals surface area (Å²) in [5, 5.41) is 9.55. The highest BCUT2D eigenvalue weighted by Gasteiger charge is 2.24. The van der Waals surface area contributed by atoms with Crippen molar-refractivity contribution >= 4 is 17.1 Å². The molecule has 1 aromatic rings. The van der Waals surface area contributed by atoms with Crippen LogP contribution in [0.15, 0.2) is 18.2 Å². The van der Waals surface area contributed by atoms with Crippen molar-refractivity contribution in [3.8, 4) is 0 Å². The second kappa shape index (κ2) is 5.37. The van der Waals surface area contributed by atoms with Crippen molar-refractivity contribution in [1.29, 1.82) is 0 Å². The smallest absolute Gasteiger partial charge is 0.198 e. The van der Waals surface area contributed by atoms with Crippen LogP contribution < -0.4 is 0 Å². The normalized spacial score (nSPS) is 23.9. The van der Waals surface area contributed by atoms with E-state index in [1.807, 2.05) is 6.07 Å². The van der Waals surface area contributed by atoms with Gasteiger partial charge in [-0.25, -0.2) is 0 Å². The molecule has 1 aliphatic carbocycles. The maximum absolute atomic E-state index is 11.9. The number of hydrogen-bond donors (Lipinski definition) is 1. The second-order valence-electron chi connectivity index (χ2n) is 5.24. The number of aliphatic hydroxyl groups is 1. The Hall–Kier alpha value is -0.930. The van der Waals surface area contributed by atoms with Gasteiger partial charge >= 0.3 is 0 Å². The minimum atomic E-state index is -0.128. The number of aliphatic hydroxyl groups excluding tert-OH is 1. The standard InChI is InChI=1S/C15H20O2S/c1-9(2)15(17)14-8-13(10(3)18-14)11-4-6-12(16)7-5-11/h8,11-12,16H,1,4-7H2,2-3H3. The van der Waals surface area contributed by atoms with Crippen LogP contribution in [0.3, 0.4) is 0 Å². The summed E-state index contributed by atoms with van der Waals surface area (Å²) in [5.41, 5.74) is 1.90. The van der Waals surface area contributed by atoms with Crippen molar-refractivity contribution in [3.63, 3.8) is 0 Å². The van der Waals surface area contributed by atoms with E-state index in [1.54, 1.807) is 18.3 Å². The molecule has 1 heterocycles. The lowest BCUT2D eigenvalue weighted by atomic mass is 9.83. The molecule has 3 heteroatoms. The highest BCUT2D eigenvalue weighted by Crippen LogP contribution is 2.38. The zero-order valence-electron chi connectivity index (χ0n) is 11.0. The minimum absolute atomic E-state index is 0.0604. The molecule has 1 aliphatic rings. The zero-order chi connectivity index (χ0) is 13.3. The molecule has 0 bridgehead atoms. The number of allylic oxidation sites excluding steroid dienone is 1. The molecule has 1 fully saturated rings. The number of carbonyl (C=O) groups is 1. The van der Waals surface area contributed by atoms with Gasteiger partial charge in [0.05, 0.1) is 11.0 Å². The van der Waals surface area contributed by atoms with Crippen LogP contribution in [0.2, 0.25) is 0 Å². The highest BCUT2D eigenvalue weighted by atomic mass is 32.1. The Morgan fingerprint density at radius 3 is 2.56 bits per heavy atom. The van der Waals surface area contributed by atoms with Crippen LogP contribution in [0.4, 0.5) is 0 Å². The van der Waals surface area contributed by atoms with Crippen LogP contribution in [-0.2, 0) is 0 Å². The van der Waals surface area contributed by atoms with Gasteiger partial charge in [-0.1, -0.05) is 6.58 Å². The fourth-order valence-electron chi connectivity index (χ4n) is 2.61. The summed E-state index contributed by atoms with van der Waals surface area (Å²) >= 11 is 1.57. The Morgan fingerprint density at radius 2 is 2.00 bits per heavy atom. The SMILES string of the molecule is C=C(C)C(=O)c1cc(C2CCC(O)CC2)c(C)s1. The Morgan fingerprint density at radius 1 is 1.39 bits per heavy atom. The number of hydrogen-bond acceptors (Lipinski definition) is 3. The molecule has 1 aromatic heterocycles. The van der Waals surface area contributed by atoms with E-state index in [4.69, 9.17) is 0 Å². The van der Waals surface area contributed by atoms with E-state index in [1.165, 1.54) is 10.4 Å². The first-order chi connectivity index (χ1) is 8.49. The van der Waals surface area contributed by atoms with Gasteiger partial charge in [0, 0.05) is 4.88 Å². The van der Waals surface area contributed by atoms with Crippen molar-refractivity contribution < 1.29 is 9.90 Å². The van der Waals surface area contributed by atoms with Crippen molar-refractivity contribution in [2.24, 2.45) is 0 Å². The fourth-order valence-corrected chi connectivity index (χ4v) is 3.74. The van der Waals surface area contributed by atoms with Gasteiger partial charge in [-0.05, 0) is 62.7 Å². The third kappa shape index (κ3) is 2.73. The summed E-state index contributed by atoms with van der Waals surface area (Å²) in [5.74, 6) is 0.571. The zero-order valence-corrected chi connectivity index (χ0v) is 11.8. The molecule has 0 aromatic carbocycles. The van der Waals surface area contributed by atoms with Crippen molar-refractivity contribution in [1.82, 2.24) is 0 Å². The first kappa shape index (κ1) is 13.5. The summed E-state index contributed by atoms with van der Waals surface area (Å²) in [4.78, 5) is 14.0. The van der Waals surface area contributed by atoms with E-state index in [0.717, 1.165) is 30.6 Å². The molecule has 0 aliphatic heterocycles. The summed E-state index contributed by atoms with van der Waals surface area (Å²) in [7, 11) is 0. The van der Waals surface area contributed by atoms with Crippen LogP contribution in [0.25, 0.3) is 0 Å². The van der Waals surface area contributed by atoms with Gasteiger partial charge in [-0.15, -0.1) is 11.3 Å². The minimum Gasteiger partial charge on any atom is -0.393 e. The first-order valence-electron chi connectivity index (χ1n) is 6.47. The summed E-state index contributed by atoms with van der Waals surface area (Å²) in [6.07, 6.45) is 3.68. The molecule has 0 saturated heterocycles. The molecule has 2 nitrogen and oxygen atoms in total. The lowest BCUT2D eigenvalue weighted by Gasteiger charge is -2.25. The van der Waals surface area contributed by atoms with E-state index >= 15 is 0 Å². The predicted molar refractivity (Wildman–Crippen MR) is 75.4 cm³/mol. The Balaban J connectivity index is 2.19. The molecular weight excluding hydrogens is 244 g/mol. The van der Waals surface area contributed by atoms with Crippen molar-refractivity contribution in [2.75, 3.05) is 0 Å². The van der Waals surface area contributed by atoms with Gasteiger partial charge in [0.2, 0.25) is 0 Å². The van der Waals surface area contributed by atoms with E-state index < -0.39 is 0 Å². The Labute approximate surface area is 112 Å². The molecule has 0 radical (unpaired) electrons. The largest absolute Gasteiger partial charge is 0.393 e. The highest BCUT2D eigenvalue weighted by molar-refractivity contribution is 7.14. The van der Waals surface area contributed by atoms with Crippen LogP contribution in [0.1, 0.15) is 58.6 Å². The third-order valence-electron chi connectivity index (χ3n) is 3.70. The van der Waals surface area contributed by atoms with Crippen LogP contribution in [0.5, 0.6) is 0 Å². The molecular formula is C15H20O2S. The Bertz CT molecular complexity index is 465. The van der Waals surface area contributed by atoms with Crippen LogP contribution in [-0.4, -0.2) is 17.0 Å². The fraction of sp³-hybridized carbons (Fsp3) is 0.533. The number of rotatable bonds is 3. The molecule has 18 heavy (non-hydrogen) atoms. The van der Waals surface area contributed by atoms with E-state index in [0.29, 0.717) is 11.5 Å². The van der Waals surface area contributed by atoms with Crippen LogP contribution >= 0.6 is 11.3 Å². The van der Waals surface area contributed by atoms with Gasteiger partial charge in [0.1, 0.15) is 0 Å². The monoisotopic (exact) mass is 264 g/mol. The topological polar surface area (TPSA) is 37.3 Å². The molecule has 0 atom stereocenters. The number of Topliss-reactive ketones (excluding diaryl/α,β-unsaturated/α-hetero) is 1. The van der Waals surface area contributed by atoms with E-state index in [9.17, 15) is 9.90 Å². The van der Waals surface area contributed by atoms with E-state index in [-0.39, 0.29) is 11.9 Å². The molecule has 1 N–H and O–H groups in total. The second-order valence-corrected chi connectivity index (χ2v) is 6.49. The molecule has 0 amide bonds. The lowest BCUT2D eigenvalue weighted by Crippen LogP contribution is -2.17. The van der Waals surface area contributed by atoms with Gasteiger partial charge < -0.3 is 5.11 Å². The average molecular weight is 264 g/mol. The quantitative estimate of drug-likeness (QED) is 0.665. The maximum Gasteiger partial charge on any atom is 0.198 e. The predicted octanol–water partition coefficient (Wildman–Crippen LogP) is 3.83. The van der Waals surface area contributed by atoms with Gasteiger partial charge in [0.25, 0.3) is 0 Å². The molecule has 1 saturated carbocycles. The van der Waals surface area contributed by atoms with Gasteiger partial charge in [-0.2, -0.15) is 0 Å². The van der Waals surface area contributed by atoms with E-state index in [2.05, 4.69) is 13.5 Å². The number of carbonyl (C=O) groups excluding carboxylic acids is 1. The lowest BCUT2D eigenvalue weighted by molar-refractivity contribution is 0.103. The van der Waals surface area contributed by atoms with Crippen molar-refractivity contribution in [3.05, 3.63) is 33.5 Å². The summed E-state index contributed by atoms with van der Waals surface area (Å²) in [6, 6.07) is 2.04.